The second-order valence-corrected chi connectivity index (χ2v) is 6.70. The number of nitrogens with one attached hydrogen (secondary N) is 1. The number of nitrogens with zero attached hydrogens (tertiary/aromatic N) is 3. The predicted octanol–water partition coefficient (Wildman–Crippen LogP) is 2.40. The van der Waals surface area contributed by atoms with Gasteiger partial charge in [0, 0.05) is 31.9 Å². The minimum absolute atomic E-state index is 0.125. The van der Waals surface area contributed by atoms with E-state index in [-0.39, 0.29) is 11.9 Å². The van der Waals surface area contributed by atoms with Crippen LogP contribution in [0.3, 0.4) is 0 Å². The van der Waals surface area contributed by atoms with Crippen LogP contribution in [0.1, 0.15) is 37.6 Å². The van der Waals surface area contributed by atoms with Crippen molar-refractivity contribution in [2.24, 2.45) is 0 Å². The van der Waals surface area contributed by atoms with E-state index < -0.39 is 0 Å². The molecule has 1 aliphatic rings. The van der Waals surface area contributed by atoms with Crippen LogP contribution >= 0.6 is 0 Å². The first-order valence-electron chi connectivity index (χ1n) is 8.73. The van der Waals surface area contributed by atoms with Gasteiger partial charge in [0.1, 0.15) is 0 Å². The third kappa shape index (κ3) is 4.03. The fraction of sp³-hybridized carbons (Fsp3) is 0.474. The molecule has 5 nitrogen and oxygen atoms in total. The Kier molecular flexibility index (Phi) is 5.30. The Balaban J connectivity index is 1.77. The molecule has 3 rings (SSSR count). The van der Waals surface area contributed by atoms with Gasteiger partial charge in [-0.15, -0.1) is 0 Å². The summed E-state index contributed by atoms with van der Waals surface area (Å²) in [5, 5.41) is 7.69. The Bertz CT molecular complexity index is 665. The van der Waals surface area contributed by atoms with Crippen LogP contribution in [-0.2, 0) is 17.8 Å². The molecule has 1 unspecified atom stereocenters. The number of hydrogen-bond donors (Lipinski definition) is 1. The quantitative estimate of drug-likeness (QED) is 0.918. The molecule has 2 heterocycles. The molecule has 1 atom stereocenters. The molecule has 0 spiro atoms. The second kappa shape index (κ2) is 7.62. The van der Waals surface area contributed by atoms with Gasteiger partial charge in [-0.05, 0) is 38.3 Å². The van der Waals surface area contributed by atoms with Crippen LogP contribution in [0.25, 0.3) is 0 Å². The van der Waals surface area contributed by atoms with Crippen molar-refractivity contribution < 1.29 is 4.79 Å². The summed E-state index contributed by atoms with van der Waals surface area (Å²) in [5.74, 6) is 0.125. The van der Waals surface area contributed by atoms with Crippen molar-refractivity contribution in [1.82, 2.24) is 20.0 Å². The fourth-order valence-corrected chi connectivity index (χ4v) is 3.14. The zero-order valence-corrected chi connectivity index (χ0v) is 14.5. The molecular weight excluding hydrogens is 300 g/mol. The molecule has 1 fully saturated rings. The number of rotatable bonds is 5. The van der Waals surface area contributed by atoms with Crippen LogP contribution in [0.5, 0.6) is 0 Å². The van der Waals surface area contributed by atoms with E-state index in [1.54, 1.807) is 0 Å². The zero-order valence-electron chi connectivity index (χ0n) is 14.5. The highest BCUT2D eigenvalue weighted by atomic mass is 16.2. The van der Waals surface area contributed by atoms with Crippen molar-refractivity contribution >= 4 is 5.91 Å². The number of benzene rings is 1. The normalized spacial score (nSPS) is 19.3. The van der Waals surface area contributed by atoms with Gasteiger partial charge < -0.3 is 5.32 Å². The van der Waals surface area contributed by atoms with Crippen LogP contribution in [0.2, 0.25) is 0 Å². The van der Waals surface area contributed by atoms with Gasteiger partial charge in [-0.3, -0.25) is 14.4 Å². The third-order valence-electron chi connectivity index (χ3n) is 4.49. The maximum absolute atomic E-state index is 12.6. The summed E-state index contributed by atoms with van der Waals surface area (Å²) < 4.78 is 1.97. The van der Waals surface area contributed by atoms with Gasteiger partial charge in [-0.1, -0.05) is 30.3 Å². The summed E-state index contributed by atoms with van der Waals surface area (Å²) in [5.41, 5.74) is 2.22. The molecule has 0 aliphatic carbocycles. The number of aromatic nitrogens is 2. The lowest BCUT2D eigenvalue weighted by Crippen LogP contribution is -2.45. The first-order valence-corrected chi connectivity index (χ1v) is 8.73. The van der Waals surface area contributed by atoms with E-state index in [1.807, 2.05) is 29.1 Å². The van der Waals surface area contributed by atoms with Gasteiger partial charge in [0.25, 0.3) is 0 Å². The van der Waals surface area contributed by atoms with Gasteiger partial charge in [0.05, 0.1) is 11.7 Å². The molecule has 1 N–H and O–H groups in total. The molecule has 2 aromatic rings. The van der Waals surface area contributed by atoms with Crippen LogP contribution < -0.4 is 5.32 Å². The highest BCUT2D eigenvalue weighted by Gasteiger charge is 2.28. The van der Waals surface area contributed by atoms with Gasteiger partial charge >= 0.3 is 0 Å². The lowest BCUT2D eigenvalue weighted by molar-refractivity contribution is -0.125. The number of carbonyl (C=O) groups is 1. The van der Waals surface area contributed by atoms with Crippen molar-refractivity contribution in [2.75, 3.05) is 13.1 Å². The van der Waals surface area contributed by atoms with Gasteiger partial charge in [0.15, 0.2) is 0 Å². The molecule has 0 radical (unpaired) electrons. The Hall–Kier alpha value is -2.14. The van der Waals surface area contributed by atoms with Crippen LogP contribution in [0.15, 0.2) is 42.6 Å². The van der Waals surface area contributed by atoms with Crippen molar-refractivity contribution in [3.63, 3.8) is 0 Å². The summed E-state index contributed by atoms with van der Waals surface area (Å²) in [6.07, 6.45) is 3.73. The molecule has 1 aromatic heterocycles. The second-order valence-electron chi connectivity index (χ2n) is 6.70. The monoisotopic (exact) mass is 326 g/mol. The van der Waals surface area contributed by atoms with E-state index >= 15 is 0 Å². The topological polar surface area (TPSA) is 50.2 Å². The number of hydrogen-bond acceptors (Lipinski definition) is 3. The minimum Gasteiger partial charge on any atom is -0.355 e. The molecule has 128 valence electrons. The highest BCUT2D eigenvalue weighted by molar-refractivity contribution is 5.82. The summed E-state index contributed by atoms with van der Waals surface area (Å²) in [6.45, 7) is 6.61. The SMILES string of the molecule is CC(C)n1ccc(CN2CCCNC(=O)C2Cc2ccccc2)n1. The fourth-order valence-electron chi connectivity index (χ4n) is 3.14. The Labute approximate surface area is 143 Å². The largest absolute Gasteiger partial charge is 0.355 e. The number of carbonyl (C=O) groups excluding carboxylic acids is 1. The van der Waals surface area contributed by atoms with E-state index in [1.165, 1.54) is 5.56 Å². The molecule has 1 saturated heterocycles. The molecule has 5 heteroatoms. The summed E-state index contributed by atoms with van der Waals surface area (Å²) >= 11 is 0. The minimum atomic E-state index is -0.140. The zero-order chi connectivity index (χ0) is 16.9. The van der Waals surface area contributed by atoms with Crippen LogP contribution in [0, 0.1) is 0 Å². The third-order valence-corrected chi connectivity index (χ3v) is 4.49. The predicted molar refractivity (Wildman–Crippen MR) is 94.6 cm³/mol. The maximum Gasteiger partial charge on any atom is 0.237 e. The van der Waals surface area contributed by atoms with E-state index in [0.29, 0.717) is 12.6 Å². The molecule has 0 bridgehead atoms. The van der Waals surface area contributed by atoms with Crippen molar-refractivity contribution in [3.8, 4) is 0 Å². The van der Waals surface area contributed by atoms with Gasteiger partial charge in [0.2, 0.25) is 5.91 Å². The van der Waals surface area contributed by atoms with Crippen molar-refractivity contribution in [2.45, 2.75) is 45.3 Å². The van der Waals surface area contributed by atoms with E-state index in [4.69, 9.17) is 0 Å². The lowest BCUT2D eigenvalue weighted by Gasteiger charge is -2.27. The van der Waals surface area contributed by atoms with Gasteiger partial charge in [-0.25, -0.2) is 0 Å². The van der Waals surface area contributed by atoms with Crippen molar-refractivity contribution in [1.29, 1.82) is 0 Å². The molecule has 1 aliphatic heterocycles. The average Bonchev–Trinajstić information content (AvgIpc) is 2.98. The van der Waals surface area contributed by atoms with E-state index in [9.17, 15) is 4.79 Å². The Morgan fingerprint density at radius 2 is 2.04 bits per heavy atom. The lowest BCUT2D eigenvalue weighted by atomic mass is 10.0. The summed E-state index contributed by atoms with van der Waals surface area (Å²) in [4.78, 5) is 14.8. The summed E-state index contributed by atoms with van der Waals surface area (Å²) in [7, 11) is 0. The Morgan fingerprint density at radius 1 is 1.25 bits per heavy atom. The summed E-state index contributed by atoms with van der Waals surface area (Å²) in [6, 6.07) is 12.5. The average molecular weight is 326 g/mol. The number of amides is 1. The Morgan fingerprint density at radius 3 is 2.75 bits per heavy atom. The first-order chi connectivity index (χ1) is 11.6. The van der Waals surface area contributed by atoms with E-state index in [2.05, 4.69) is 47.4 Å². The standard InChI is InChI=1S/C19H26N4O/c1-15(2)23-12-9-17(21-23)14-22-11-6-10-20-19(24)18(22)13-16-7-4-3-5-8-16/h3-5,7-9,12,15,18H,6,10-11,13-14H2,1-2H3,(H,20,24). The van der Waals surface area contributed by atoms with Crippen molar-refractivity contribution in [3.05, 3.63) is 53.9 Å². The smallest absolute Gasteiger partial charge is 0.237 e. The van der Waals surface area contributed by atoms with Gasteiger partial charge in [-0.2, -0.15) is 5.10 Å². The first kappa shape index (κ1) is 16.7. The maximum atomic E-state index is 12.6. The molecule has 0 saturated carbocycles. The molecule has 1 amide bonds. The highest BCUT2D eigenvalue weighted by Crippen LogP contribution is 2.16. The molecular formula is C19H26N4O. The van der Waals surface area contributed by atoms with E-state index in [0.717, 1.165) is 31.6 Å². The van der Waals surface area contributed by atoms with Crippen LogP contribution in [-0.4, -0.2) is 39.7 Å². The molecule has 1 aromatic carbocycles. The van der Waals surface area contributed by atoms with Crippen LogP contribution in [0.4, 0.5) is 0 Å². The molecule has 24 heavy (non-hydrogen) atoms.